The summed E-state index contributed by atoms with van der Waals surface area (Å²) in [6, 6.07) is 11.5. The van der Waals surface area contributed by atoms with Gasteiger partial charge in [0.15, 0.2) is 0 Å². The predicted octanol–water partition coefficient (Wildman–Crippen LogP) is 2.34. The molecule has 102 valence electrons. The minimum absolute atomic E-state index is 0.00298. The van der Waals surface area contributed by atoms with E-state index in [-0.39, 0.29) is 5.56 Å². The van der Waals surface area contributed by atoms with Gasteiger partial charge < -0.3 is 5.73 Å². The first-order valence-corrected chi connectivity index (χ1v) is 7.44. The van der Waals surface area contributed by atoms with Crippen molar-refractivity contribution in [3.8, 4) is 5.69 Å². The molecular formula is C15H15N3OS. The highest BCUT2D eigenvalue weighted by Crippen LogP contribution is 2.18. The smallest absolute Gasteiger partial charge is 0.276 e. The molecule has 3 rings (SSSR count). The first-order valence-electron chi connectivity index (χ1n) is 6.56. The summed E-state index contributed by atoms with van der Waals surface area (Å²) in [7, 11) is 0. The highest BCUT2D eigenvalue weighted by Gasteiger charge is 2.12. The van der Waals surface area contributed by atoms with Crippen LogP contribution in [0.2, 0.25) is 0 Å². The normalized spacial score (nSPS) is 11.1. The van der Waals surface area contributed by atoms with E-state index in [0.29, 0.717) is 17.7 Å². The Hall–Kier alpha value is -1.98. The van der Waals surface area contributed by atoms with Crippen LogP contribution in [0.25, 0.3) is 15.9 Å². The summed E-state index contributed by atoms with van der Waals surface area (Å²) >= 11 is 1.43. The average molecular weight is 285 g/mol. The van der Waals surface area contributed by atoms with Crippen molar-refractivity contribution in [3.05, 3.63) is 58.0 Å². The molecule has 2 N–H and O–H groups in total. The molecule has 0 saturated carbocycles. The lowest BCUT2D eigenvalue weighted by Gasteiger charge is -2.12. The van der Waals surface area contributed by atoms with Crippen molar-refractivity contribution < 1.29 is 0 Å². The summed E-state index contributed by atoms with van der Waals surface area (Å²) < 4.78 is 2.40. The Bertz CT molecular complexity index is 777. The first kappa shape index (κ1) is 13.0. The Morgan fingerprint density at radius 1 is 1.20 bits per heavy atom. The second-order valence-electron chi connectivity index (χ2n) is 4.53. The van der Waals surface area contributed by atoms with Crippen LogP contribution in [0, 0.1) is 0 Å². The predicted molar refractivity (Wildman–Crippen MR) is 82.6 cm³/mol. The van der Waals surface area contributed by atoms with Crippen LogP contribution in [-0.2, 0) is 6.42 Å². The number of para-hydroxylation sites is 1. The Morgan fingerprint density at radius 2 is 2.00 bits per heavy atom. The van der Waals surface area contributed by atoms with Crippen LogP contribution in [0.3, 0.4) is 0 Å². The molecule has 0 spiro atoms. The molecule has 0 fully saturated rings. The third-order valence-corrected chi connectivity index (χ3v) is 4.06. The van der Waals surface area contributed by atoms with Gasteiger partial charge in [0.05, 0.1) is 11.2 Å². The first-order chi connectivity index (χ1) is 9.81. The van der Waals surface area contributed by atoms with Crippen molar-refractivity contribution in [2.24, 2.45) is 5.73 Å². The van der Waals surface area contributed by atoms with E-state index in [1.807, 2.05) is 41.8 Å². The Labute approximate surface area is 120 Å². The maximum Gasteiger partial charge on any atom is 0.276 e. The van der Waals surface area contributed by atoms with Gasteiger partial charge in [0.25, 0.3) is 5.56 Å². The van der Waals surface area contributed by atoms with Crippen molar-refractivity contribution >= 4 is 21.6 Å². The molecule has 0 bridgehead atoms. The third-order valence-electron chi connectivity index (χ3n) is 3.17. The second kappa shape index (κ2) is 5.56. The fraction of sp³-hybridized carbons (Fsp3) is 0.200. The summed E-state index contributed by atoms with van der Waals surface area (Å²) in [6.45, 7) is 0.590. The summed E-state index contributed by atoms with van der Waals surface area (Å²) in [5, 5.41) is 1.90. The lowest BCUT2D eigenvalue weighted by atomic mass is 10.2. The van der Waals surface area contributed by atoms with E-state index in [1.165, 1.54) is 11.3 Å². The Kier molecular flexibility index (Phi) is 3.62. The zero-order chi connectivity index (χ0) is 13.9. The van der Waals surface area contributed by atoms with Gasteiger partial charge in [-0.25, -0.2) is 4.98 Å². The molecule has 3 aromatic rings. The van der Waals surface area contributed by atoms with Crippen molar-refractivity contribution in [1.29, 1.82) is 0 Å². The topological polar surface area (TPSA) is 60.9 Å². The van der Waals surface area contributed by atoms with Gasteiger partial charge in [0.2, 0.25) is 0 Å². The largest absolute Gasteiger partial charge is 0.330 e. The lowest BCUT2D eigenvalue weighted by Crippen LogP contribution is -2.23. The monoisotopic (exact) mass is 285 g/mol. The second-order valence-corrected chi connectivity index (χ2v) is 5.45. The van der Waals surface area contributed by atoms with Gasteiger partial charge in [-0.05, 0) is 36.5 Å². The van der Waals surface area contributed by atoms with E-state index < -0.39 is 0 Å². The molecule has 0 aliphatic rings. The Morgan fingerprint density at radius 3 is 2.75 bits per heavy atom. The highest BCUT2D eigenvalue weighted by atomic mass is 32.1. The van der Waals surface area contributed by atoms with E-state index in [9.17, 15) is 4.79 Å². The zero-order valence-electron chi connectivity index (χ0n) is 11.0. The average Bonchev–Trinajstić information content (AvgIpc) is 2.95. The number of hydrogen-bond donors (Lipinski definition) is 1. The van der Waals surface area contributed by atoms with Crippen LogP contribution in [0.1, 0.15) is 12.2 Å². The molecule has 0 atom stereocenters. The SMILES string of the molecule is NCCCc1nc2ccsc2c(=O)n1-c1ccccc1. The van der Waals surface area contributed by atoms with Crippen LogP contribution in [0.5, 0.6) is 0 Å². The van der Waals surface area contributed by atoms with Crippen LogP contribution in [-0.4, -0.2) is 16.1 Å². The minimum Gasteiger partial charge on any atom is -0.330 e. The molecule has 0 amide bonds. The lowest BCUT2D eigenvalue weighted by molar-refractivity contribution is 0.742. The number of nitrogens with zero attached hydrogens (tertiary/aromatic N) is 2. The molecule has 5 heteroatoms. The number of thiophene rings is 1. The van der Waals surface area contributed by atoms with Gasteiger partial charge in [-0.2, -0.15) is 0 Å². The van der Waals surface area contributed by atoms with E-state index in [0.717, 1.165) is 23.4 Å². The van der Waals surface area contributed by atoms with Gasteiger partial charge in [0, 0.05) is 6.42 Å². The molecule has 2 heterocycles. The standard InChI is InChI=1S/C15H15N3OS/c16-9-4-7-13-17-12-8-10-20-14(12)15(19)18(13)11-5-2-1-3-6-11/h1-3,5-6,8,10H,4,7,9,16H2. The summed E-state index contributed by atoms with van der Waals surface area (Å²) in [4.78, 5) is 17.3. The van der Waals surface area contributed by atoms with Crippen molar-refractivity contribution in [2.45, 2.75) is 12.8 Å². The number of benzene rings is 1. The van der Waals surface area contributed by atoms with E-state index >= 15 is 0 Å². The van der Waals surface area contributed by atoms with Gasteiger partial charge in [-0.1, -0.05) is 18.2 Å². The fourth-order valence-electron chi connectivity index (χ4n) is 2.23. The molecule has 20 heavy (non-hydrogen) atoms. The maximum atomic E-state index is 12.7. The summed E-state index contributed by atoms with van der Waals surface area (Å²) in [6.07, 6.45) is 1.52. The molecule has 0 radical (unpaired) electrons. The molecule has 0 aliphatic heterocycles. The van der Waals surface area contributed by atoms with Crippen molar-refractivity contribution in [1.82, 2.24) is 9.55 Å². The quantitative estimate of drug-likeness (QED) is 0.800. The molecule has 0 unspecified atom stereocenters. The van der Waals surface area contributed by atoms with Gasteiger partial charge >= 0.3 is 0 Å². The van der Waals surface area contributed by atoms with Crippen LogP contribution in [0.4, 0.5) is 0 Å². The van der Waals surface area contributed by atoms with Crippen LogP contribution < -0.4 is 11.3 Å². The number of rotatable bonds is 4. The number of hydrogen-bond acceptors (Lipinski definition) is 4. The molecule has 1 aromatic carbocycles. The van der Waals surface area contributed by atoms with Crippen LogP contribution >= 0.6 is 11.3 Å². The molecule has 0 saturated heterocycles. The summed E-state index contributed by atoms with van der Waals surface area (Å²) in [5.74, 6) is 0.776. The van der Waals surface area contributed by atoms with E-state index in [1.54, 1.807) is 4.57 Å². The van der Waals surface area contributed by atoms with E-state index in [4.69, 9.17) is 5.73 Å². The molecular weight excluding hydrogens is 270 g/mol. The van der Waals surface area contributed by atoms with Crippen LogP contribution in [0.15, 0.2) is 46.6 Å². The molecule has 4 nitrogen and oxygen atoms in total. The van der Waals surface area contributed by atoms with Crippen molar-refractivity contribution in [2.75, 3.05) is 6.54 Å². The van der Waals surface area contributed by atoms with Crippen molar-refractivity contribution in [3.63, 3.8) is 0 Å². The third kappa shape index (κ3) is 2.26. The van der Waals surface area contributed by atoms with Gasteiger partial charge in [0.1, 0.15) is 10.5 Å². The van der Waals surface area contributed by atoms with E-state index in [2.05, 4.69) is 4.98 Å². The van der Waals surface area contributed by atoms with Gasteiger partial charge in [-0.3, -0.25) is 9.36 Å². The number of aryl methyl sites for hydroxylation is 1. The fourth-order valence-corrected chi connectivity index (χ4v) is 2.99. The maximum absolute atomic E-state index is 12.7. The molecule has 2 aromatic heterocycles. The number of fused-ring (bicyclic) bond motifs is 1. The Balaban J connectivity index is 2.26. The zero-order valence-corrected chi connectivity index (χ0v) is 11.8. The summed E-state index contributed by atoms with van der Waals surface area (Å²) in [5.41, 5.74) is 7.22. The number of aromatic nitrogens is 2. The highest BCUT2D eigenvalue weighted by molar-refractivity contribution is 7.17. The molecule has 0 aliphatic carbocycles. The van der Waals surface area contributed by atoms with Gasteiger partial charge in [-0.15, -0.1) is 11.3 Å². The number of nitrogens with two attached hydrogens (primary N) is 1. The minimum atomic E-state index is 0.00298.